The lowest BCUT2D eigenvalue weighted by atomic mass is 10.1. The van der Waals surface area contributed by atoms with E-state index in [2.05, 4.69) is 5.32 Å². The molecule has 1 aliphatic carbocycles. The van der Waals surface area contributed by atoms with Crippen molar-refractivity contribution in [3.05, 3.63) is 48.3 Å². The number of para-hydroxylation sites is 2. The smallest absolute Gasteiger partial charge is 0.122 e. The van der Waals surface area contributed by atoms with Gasteiger partial charge in [-0.25, -0.2) is 4.39 Å². The van der Waals surface area contributed by atoms with E-state index in [-0.39, 0.29) is 11.9 Å². The first-order valence-corrected chi connectivity index (χ1v) is 4.90. The largest absolute Gasteiger partial charge is 0.397 e. The van der Waals surface area contributed by atoms with Crippen molar-refractivity contribution in [3.63, 3.8) is 0 Å². The highest BCUT2D eigenvalue weighted by Crippen LogP contribution is 2.23. The van der Waals surface area contributed by atoms with E-state index in [4.69, 9.17) is 5.73 Å². The van der Waals surface area contributed by atoms with Crippen LogP contribution in [0.1, 0.15) is 6.42 Å². The summed E-state index contributed by atoms with van der Waals surface area (Å²) in [4.78, 5) is 0. The molecule has 0 bridgehead atoms. The lowest BCUT2D eigenvalue weighted by Crippen LogP contribution is -2.21. The second-order valence-corrected chi connectivity index (χ2v) is 3.50. The second-order valence-electron chi connectivity index (χ2n) is 3.50. The van der Waals surface area contributed by atoms with Crippen molar-refractivity contribution in [1.82, 2.24) is 0 Å². The summed E-state index contributed by atoms with van der Waals surface area (Å²) in [6.07, 6.45) is 5.78. The lowest BCUT2D eigenvalue weighted by Gasteiger charge is -2.19. The molecule has 1 aromatic rings. The zero-order valence-electron chi connectivity index (χ0n) is 8.28. The van der Waals surface area contributed by atoms with Crippen LogP contribution in [0.2, 0.25) is 0 Å². The second kappa shape index (κ2) is 4.17. The summed E-state index contributed by atoms with van der Waals surface area (Å²) in [5, 5.41) is 3.08. The Kier molecular flexibility index (Phi) is 2.72. The Balaban J connectivity index is 2.13. The molecule has 2 nitrogen and oxygen atoms in total. The SMILES string of the molecule is Nc1ccccc1NC1CC=CC=C1F. The molecule has 0 amide bonds. The van der Waals surface area contributed by atoms with Gasteiger partial charge in [-0.1, -0.05) is 24.3 Å². The van der Waals surface area contributed by atoms with Crippen LogP contribution in [0.25, 0.3) is 0 Å². The monoisotopic (exact) mass is 204 g/mol. The first-order valence-electron chi connectivity index (χ1n) is 4.90. The minimum absolute atomic E-state index is 0.152. The fourth-order valence-electron chi connectivity index (χ4n) is 1.55. The molecular formula is C12H13FN2. The van der Waals surface area contributed by atoms with E-state index in [1.54, 1.807) is 12.1 Å². The molecule has 2 rings (SSSR count). The van der Waals surface area contributed by atoms with Gasteiger partial charge in [0.15, 0.2) is 0 Å². The average molecular weight is 204 g/mol. The van der Waals surface area contributed by atoms with E-state index in [1.165, 1.54) is 6.08 Å². The number of nitrogens with two attached hydrogens (primary N) is 1. The third-order valence-corrected chi connectivity index (χ3v) is 2.39. The van der Waals surface area contributed by atoms with E-state index in [0.717, 1.165) is 5.69 Å². The summed E-state index contributed by atoms with van der Waals surface area (Å²) < 4.78 is 13.4. The number of halogens is 1. The maximum Gasteiger partial charge on any atom is 0.122 e. The number of benzene rings is 1. The van der Waals surface area contributed by atoms with Gasteiger partial charge in [-0.05, 0) is 24.6 Å². The van der Waals surface area contributed by atoms with Crippen LogP contribution in [0.4, 0.5) is 15.8 Å². The molecule has 0 saturated carbocycles. The number of anilines is 2. The van der Waals surface area contributed by atoms with Crippen molar-refractivity contribution in [2.24, 2.45) is 0 Å². The van der Waals surface area contributed by atoms with Gasteiger partial charge in [0.1, 0.15) is 5.83 Å². The Morgan fingerprint density at radius 1 is 1.33 bits per heavy atom. The molecule has 1 atom stereocenters. The number of nitrogen functional groups attached to an aromatic ring is 1. The topological polar surface area (TPSA) is 38.0 Å². The van der Waals surface area contributed by atoms with Gasteiger partial charge in [-0.2, -0.15) is 0 Å². The van der Waals surface area contributed by atoms with E-state index in [1.807, 2.05) is 24.3 Å². The van der Waals surface area contributed by atoms with E-state index in [9.17, 15) is 4.39 Å². The maximum absolute atomic E-state index is 13.4. The third kappa shape index (κ3) is 2.18. The summed E-state index contributed by atoms with van der Waals surface area (Å²) in [7, 11) is 0. The highest BCUT2D eigenvalue weighted by Gasteiger charge is 2.15. The number of hydrogen-bond acceptors (Lipinski definition) is 2. The van der Waals surface area contributed by atoms with Crippen molar-refractivity contribution >= 4 is 11.4 Å². The van der Waals surface area contributed by atoms with Gasteiger partial charge < -0.3 is 11.1 Å². The predicted molar refractivity (Wildman–Crippen MR) is 61.2 cm³/mol. The Hall–Kier alpha value is -1.77. The molecule has 3 N–H and O–H groups in total. The number of hydrogen-bond donors (Lipinski definition) is 2. The molecule has 3 heteroatoms. The Morgan fingerprint density at radius 2 is 2.13 bits per heavy atom. The van der Waals surface area contributed by atoms with Crippen LogP contribution in [-0.4, -0.2) is 6.04 Å². The molecule has 1 unspecified atom stereocenters. The summed E-state index contributed by atoms with van der Waals surface area (Å²) in [5.41, 5.74) is 7.18. The molecule has 0 saturated heterocycles. The first-order chi connectivity index (χ1) is 7.27. The number of nitrogens with one attached hydrogen (secondary N) is 1. The normalized spacial score (nSPS) is 19.8. The van der Waals surface area contributed by atoms with Gasteiger partial charge >= 0.3 is 0 Å². The van der Waals surface area contributed by atoms with E-state index >= 15 is 0 Å². The number of allylic oxidation sites excluding steroid dienone is 2. The Bertz CT molecular complexity index is 410. The van der Waals surface area contributed by atoms with Crippen LogP contribution < -0.4 is 11.1 Å². The van der Waals surface area contributed by atoms with Gasteiger partial charge in [-0.3, -0.25) is 0 Å². The summed E-state index contributed by atoms with van der Waals surface area (Å²) in [6.45, 7) is 0. The summed E-state index contributed by atoms with van der Waals surface area (Å²) in [6, 6.07) is 7.08. The molecular weight excluding hydrogens is 191 g/mol. The van der Waals surface area contributed by atoms with Gasteiger partial charge in [-0.15, -0.1) is 0 Å². The maximum atomic E-state index is 13.4. The quantitative estimate of drug-likeness (QED) is 0.727. The third-order valence-electron chi connectivity index (χ3n) is 2.39. The van der Waals surface area contributed by atoms with Crippen LogP contribution in [0, 0.1) is 0 Å². The molecule has 15 heavy (non-hydrogen) atoms. The zero-order chi connectivity index (χ0) is 10.7. The van der Waals surface area contributed by atoms with Crippen LogP contribution in [0.15, 0.2) is 48.3 Å². The van der Waals surface area contributed by atoms with Crippen LogP contribution in [0.3, 0.4) is 0 Å². The number of rotatable bonds is 2. The highest BCUT2D eigenvalue weighted by atomic mass is 19.1. The minimum atomic E-state index is -0.292. The lowest BCUT2D eigenvalue weighted by molar-refractivity contribution is 0.555. The summed E-state index contributed by atoms with van der Waals surface area (Å²) in [5.74, 6) is -0.152. The summed E-state index contributed by atoms with van der Waals surface area (Å²) >= 11 is 0. The molecule has 0 heterocycles. The fourth-order valence-corrected chi connectivity index (χ4v) is 1.55. The van der Waals surface area contributed by atoms with Crippen molar-refractivity contribution < 1.29 is 4.39 Å². The molecule has 0 aromatic heterocycles. The van der Waals surface area contributed by atoms with E-state index in [0.29, 0.717) is 12.1 Å². The molecule has 0 spiro atoms. The molecule has 0 radical (unpaired) electrons. The van der Waals surface area contributed by atoms with E-state index < -0.39 is 0 Å². The van der Waals surface area contributed by atoms with Gasteiger partial charge in [0.2, 0.25) is 0 Å². The van der Waals surface area contributed by atoms with Gasteiger partial charge in [0, 0.05) is 0 Å². The van der Waals surface area contributed by atoms with Crippen molar-refractivity contribution in [2.75, 3.05) is 11.1 Å². The van der Waals surface area contributed by atoms with Crippen LogP contribution in [-0.2, 0) is 0 Å². The fraction of sp³-hybridized carbons (Fsp3) is 0.167. The van der Waals surface area contributed by atoms with Crippen molar-refractivity contribution in [3.8, 4) is 0 Å². The van der Waals surface area contributed by atoms with Crippen LogP contribution >= 0.6 is 0 Å². The molecule has 1 aliphatic rings. The zero-order valence-corrected chi connectivity index (χ0v) is 8.28. The molecule has 0 fully saturated rings. The van der Waals surface area contributed by atoms with Crippen molar-refractivity contribution in [2.45, 2.75) is 12.5 Å². The standard InChI is InChI=1S/C12H13FN2/c13-9-5-1-3-7-11(9)15-12-8-4-2-6-10(12)14/h1-6,8,11,15H,7,14H2. The molecule has 0 aliphatic heterocycles. The minimum Gasteiger partial charge on any atom is -0.397 e. The van der Waals surface area contributed by atoms with Crippen LogP contribution in [0.5, 0.6) is 0 Å². The Labute approximate surface area is 88.3 Å². The molecule has 78 valence electrons. The van der Waals surface area contributed by atoms with Gasteiger partial charge in [0.25, 0.3) is 0 Å². The molecule has 1 aromatic carbocycles. The van der Waals surface area contributed by atoms with Crippen molar-refractivity contribution in [1.29, 1.82) is 0 Å². The van der Waals surface area contributed by atoms with Gasteiger partial charge in [0.05, 0.1) is 17.4 Å². The predicted octanol–water partition coefficient (Wildman–Crippen LogP) is 2.86. The average Bonchev–Trinajstić information content (AvgIpc) is 2.24. The highest BCUT2D eigenvalue weighted by molar-refractivity contribution is 5.66. The first kappa shape index (κ1) is 9.77. The Morgan fingerprint density at radius 3 is 2.87 bits per heavy atom.